The summed E-state index contributed by atoms with van der Waals surface area (Å²) in [6.07, 6.45) is 5.85. The predicted octanol–water partition coefficient (Wildman–Crippen LogP) is 4.52. The van der Waals surface area contributed by atoms with E-state index in [-0.39, 0.29) is 12.1 Å². The molecule has 2 aromatic carbocycles. The molecule has 1 heterocycles. The van der Waals surface area contributed by atoms with Crippen molar-refractivity contribution in [3.8, 4) is 17.1 Å². The number of nitrogens with zero attached hydrogens (tertiary/aromatic N) is 3. The first-order valence-electron chi connectivity index (χ1n) is 10.2. The van der Waals surface area contributed by atoms with E-state index in [9.17, 15) is 9.59 Å². The first kappa shape index (κ1) is 20.6. The highest BCUT2D eigenvalue weighted by Gasteiger charge is 2.16. The van der Waals surface area contributed by atoms with Crippen molar-refractivity contribution in [3.05, 3.63) is 71.1 Å². The van der Waals surface area contributed by atoms with Crippen LogP contribution in [0.15, 0.2) is 65.5 Å². The molecule has 0 aliphatic heterocycles. The quantitative estimate of drug-likeness (QED) is 0.486. The number of rotatable bonds is 11. The van der Waals surface area contributed by atoms with E-state index in [4.69, 9.17) is 5.11 Å². The van der Waals surface area contributed by atoms with Crippen molar-refractivity contribution in [3.63, 3.8) is 0 Å². The van der Waals surface area contributed by atoms with Gasteiger partial charge in [0.1, 0.15) is 0 Å². The summed E-state index contributed by atoms with van der Waals surface area (Å²) in [5, 5.41) is 13.3. The minimum atomic E-state index is -0.729. The Balaban J connectivity index is 1.66. The Bertz CT molecular complexity index is 962. The molecule has 0 unspecified atom stereocenters. The fraction of sp³-hybridized carbons (Fsp3) is 0.348. The number of carboxylic acid groups (broad SMARTS) is 1. The standard InChI is InChI=1S/C23H27N3O3/c27-21(28)17-11-3-1-2-4-12-18-25-23(29)26(20-15-9-6-10-16-20)22(24-25)19-13-7-5-8-14-19/h5-10,13-16H,1-4,11-12,17-18H2,(H,27,28). The Labute approximate surface area is 170 Å². The zero-order valence-electron chi connectivity index (χ0n) is 16.5. The fourth-order valence-corrected chi connectivity index (χ4v) is 3.38. The molecule has 0 amide bonds. The predicted molar refractivity (Wildman–Crippen MR) is 113 cm³/mol. The van der Waals surface area contributed by atoms with Crippen LogP contribution < -0.4 is 5.69 Å². The van der Waals surface area contributed by atoms with E-state index in [2.05, 4.69) is 5.10 Å². The molecule has 6 heteroatoms. The largest absolute Gasteiger partial charge is 0.481 e. The highest BCUT2D eigenvalue weighted by atomic mass is 16.4. The molecule has 0 bridgehead atoms. The number of carboxylic acids is 1. The zero-order chi connectivity index (χ0) is 20.5. The fourth-order valence-electron chi connectivity index (χ4n) is 3.38. The van der Waals surface area contributed by atoms with Crippen LogP contribution >= 0.6 is 0 Å². The Hall–Kier alpha value is -3.15. The second kappa shape index (κ2) is 10.4. The summed E-state index contributed by atoms with van der Waals surface area (Å²) < 4.78 is 3.22. The Morgan fingerprint density at radius 1 is 0.828 bits per heavy atom. The van der Waals surface area contributed by atoms with Gasteiger partial charge in [0.15, 0.2) is 5.82 Å². The number of hydrogen-bond acceptors (Lipinski definition) is 3. The van der Waals surface area contributed by atoms with Gasteiger partial charge in [0.05, 0.1) is 5.69 Å². The molecule has 0 atom stereocenters. The van der Waals surface area contributed by atoms with Gasteiger partial charge in [-0.05, 0) is 25.0 Å². The molecule has 0 radical (unpaired) electrons. The van der Waals surface area contributed by atoms with Crippen molar-refractivity contribution < 1.29 is 9.90 Å². The van der Waals surface area contributed by atoms with Crippen LogP contribution in [0, 0.1) is 0 Å². The Morgan fingerprint density at radius 2 is 1.41 bits per heavy atom. The van der Waals surface area contributed by atoms with Crippen molar-refractivity contribution in [1.29, 1.82) is 0 Å². The normalized spacial score (nSPS) is 10.9. The van der Waals surface area contributed by atoms with Gasteiger partial charge in [-0.2, -0.15) is 0 Å². The summed E-state index contributed by atoms with van der Waals surface area (Å²) in [5.74, 6) is -0.0805. The smallest absolute Gasteiger partial charge is 0.350 e. The molecular weight excluding hydrogens is 366 g/mol. The Kier molecular flexibility index (Phi) is 7.39. The van der Waals surface area contributed by atoms with Crippen LogP contribution in [0.2, 0.25) is 0 Å². The maximum absolute atomic E-state index is 13.0. The number of hydrogen-bond donors (Lipinski definition) is 1. The van der Waals surface area contributed by atoms with E-state index in [1.54, 1.807) is 9.25 Å². The van der Waals surface area contributed by atoms with Crippen molar-refractivity contribution in [2.45, 2.75) is 51.5 Å². The maximum Gasteiger partial charge on any atom is 0.350 e. The first-order valence-corrected chi connectivity index (χ1v) is 10.2. The monoisotopic (exact) mass is 393 g/mol. The number of para-hydroxylation sites is 1. The maximum atomic E-state index is 13.0. The number of aromatic nitrogens is 3. The van der Waals surface area contributed by atoms with Gasteiger partial charge < -0.3 is 5.11 Å². The molecule has 29 heavy (non-hydrogen) atoms. The topological polar surface area (TPSA) is 77.1 Å². The van der Waals surface area contributed by atoms with Crippen molar-refractivity contribution in [2.24, 2.45) is 0 Å². The molecule has 3 aromatic rings. The number of carbonyl (C=O) groups is 1. The van der Waals surface area contributed by atoms with Crippen LogP contribution in [0.1, 0.15) is 44.9 Å². The molecule has 0 saturated carbocycles. The van der Waals surface area contributed by atoms with Gasteiger partial charge in [0.2, 0.25) is 0 Å². The average molecular weight is 393 g/mol. The molecule has 3 rings (SSSR count). The van der Waals surface area contributed by atoms with Gasteiger partial charge in [0.25, 0.3) is 0 Å². The molecule has 0 fully saturated rings. The molecule has 1 N–H and O–H groups in total. The molecule has 0 aliphatic rings. The second-order valence-corrected chi connectivity index (χ2v) is 7.13. The minimum absolute atomic E-state index is 0.128. The van der Waals surface area contributed by atoms with Crippen LogP contribution in [0.4, 0.5) is 0 Å². The van der Waals surface area contributed by atoms with E-state index in [1.165, 1.54) is 0 Å². The molecule has 6 nitrogen and oxygen atoms in total. The van der Waals surface area contributed by atoms with Gasteiger partial charge in [-0.25, -0.2) is 14.0 Å². The highest BCUT2D eigenvalue weighted by molar-refractivity contribution is 5.66. The summed E-state index contributed by atoms with van der Waals surface area (Å²) >= 11 is 0. The summed E-state index contributed by atoms with van der Waals surface area (Å²) in [6, 6.07) is 19.3. The third kappa shape index (κ3) is 5.67. The number of aliphatic carboxylic acids is 1. The lowest BCUT2D eigenvalue weighted by Crippen LogP contribution is -2.24. The Morgan fingerprint density at radius 3 is 2.07 bits per heavy atom. The molecule has 0 spiro atoms. The summed E-state index contributed by atoms with van der Waals surface area (Å²) in [7, 11) is 0. The van der Waals surface area contributed by atoms with E-state index >= 15 is 0 Å². The summed E-state index contributed by atoms with van der Waals surface area (Å²) in [5.41, 5.74) is 1.59. The zero-order valence-corrected chi connectivity index (χ0v) is 16.5. The number of benzene rings is 2. The van der Waals surface area contributed by atoms with E-state index < -0.39 is 5.97 Å². The molecule has 0 saturated heterocycles. The van der Waals surface area contributed by atoms with Gasteiger partial charge in [-0.3, -0.25) is 4.79 Å². The van der Waals surface area contributed by atoms with Gasteiger partial charge >= 0.3 is 11.7 Å². The second-order valence-electron chi connectivity index (χ2n) is 7.13. The summed E-state index contributed by atoms with van der Waals surface area (Å²) in [4.78, 5) is 23.6. The average Bonchev–Trinajstić information content (AvgIpc) is 3.07. The molecular formula is C23H27N3O3. The van der Waals surface area contributed by atoms with Crippen LogP contribution in [0.3, 0.4) is 0 Å². The third-order valence-corrected chi connectivity index (χ3v) is 4.90. The van der Waals surface area contributed by atoms with Crippen LogP contribution in [0.5, 0.6) is 0 Å². The lowest BCUT2D eigenvalue weighted by Gasteiger charge is -2.05. The van der Waals surface area contributed by atoms with E-state index in [1.807, 2.05) is 60.7 Å². The number of unbranched alkanes of at least 4 members (excludes halogenated alkanes) is 5. The summed E-state index contributed by atoms with van der Waals surface area (Å²) in [6.45, 7) is 0.577. The molecule has 1 aromatic heterocycles. The van der Waals surface area contributed by atoms with Crippen LogP contribution in [0.25, 0.3) is 17.1 Å². The van der Waals surface area contributed by atoms with E-state index in [0.29, 0.717) is 12.4 Å². The van der Waals surface area contributed by atoms with Gasteiger partial charge in [-0.1, -0.05) is 74.2 Å². The molecule has 0 aliphatic carbocycles. The SMILES string of the molecule is O=C(O)CCCCCCCCn1nc(-c2ccccc2)n(-c2ccccc2)c1=O. The highest BCUT2D eigenvalue weighted by Crippen LogP contribution is 2.19. The van der Waals surface area contributed by atoms with Crippen molar-refractivity contribution in [2.75, 3.05) is 0 Å². The van der Waals surface area contributed by atoms with Crippen LogP contribution in [-0.4, -0.2) is 25.4 Å². The molecule has 152 valence electrons. The number of aryl methyl sites for hydroxylation is 1. The first-order chi connectivity index (χ1) is 14.2. The van der Waals surface area contributed by atoms with Crippen molar-refractivity contribution >= 4 is 5.97 Å². The lowest BCUT2D eigenvalue weighted by atomic mass is 10.1. The van der Waals surface area contributed by atoms with E-state index in [0.717, 1.165) is 49.8 Å². The van der Waals surface area contributed by atoms with Crippen LogP contribution in [-0.2, 0) is 11.3 Å². The van der Waals surface area contributed by atoms with Crippen molar-refractivity contribution in [1.82, 2.24) is 14.3 Å². The minimum Gasteiger partial charge on any atom is -0.481 e. The third-order valence-electron chi connectivity index (χ3n) is 4.90. The van der Waals surface area contributed by atoms with Gasteiger partial charge in [-0.15, -0.1) is 5.10 Å². The van der Waals surface area contributed by atoms with Gasteiger partial charge in [0, 0.05) is 18.5 Å². The lowest BCUT2D eigenvalue weighted by molar-refractivity contribution is -0.137.